The highest BCUT2D eigenvalue weighted by Gasteiger charge is 2.43. The predicted octanol–water partition coefficient (Wildman–Crippen LogP) is 5.29. The summed E-state index contributed by atoms with van der Waals surface area (Å²) < 4.78 is 47.7. The minimum absolute atomic E-state index is 0.107. The summed E-state index contributed by atoms with van der Waals surface area (Å²) in [7, 11) is 5.05. The summed E-state index contributed by atoms with van der Waals surface area (Å²) in [5.74, 6) is -6.92. The molecular formula is C26H25F3N5O2Si+. The molecule has 1 aliphatic carbocycles. The van der Waals surface area contributed by atoms with Gasteiger partial charge in [0.1, 0.15) is 39.2 Å². The van der Waals surface area contributed by atoms with Gasteiger partial charge in [0.05, 0.1) is 0 Å². The standard InChI is InChI=1S/C26H24F3N5O2Si/c1-33(2)13-7-9-15-17(11-13)37(5,6)18-12-14(34(3)4)8-10-16(18)19(15)20-21(26(35)36)22(27)24(29)25(23(20)28)31-32-30/h7-12H,1-6H3/p+1. The Morgan fingerprint density at radius 3 is 2.35 bits per heavy atom. The Morgan fingerprint density at radius 1 is 1.11 bits per heavy atom. The number of halogens is 3. The van der Waals surface area contributed by atoms with Gasteiger partial charge in [0.25, 0.3) is 0 Å². The van der Waals surface area contributed by atoms with Crippen molar-refractivity contribution in [1.29, 1.82) is 0 Å². The maximum Gasteiger partial charge on any atom is 0.339 e. The summed E-state index contributed by atoms with van der Waals surface area (Å²) in [6.45, 7) is 4.26. The highest BCUT2D eigenvalue weighted by Crippen LogP contribution is 2.45. The number of azide groups is 1. The molecule has 0 fully saturated rings. The van der Waals surface area contributed by atoms with Crippen LogP contribution >= 0.6 is 0 Å². The molecule has 1 aliphatic heterocycles. The van der Waals surface area contributed by atoms with Crippen molar-refractivity contribution >= 4 is 41.9 Å². The molecule has 0 aromatic heterocycles. The number of nitrogens with zero attached hydrogens (tertiary/aromatic N) is 5. The maximum atomic E-state index is 15.9. The Balaban J connectivity index is 2.27. The first kappa shape index (κ1) is 26.0. The lowest BCUT2D eigenvalue weighted by Crippen LogP contribution is -2.50. The number of rotatable bonds is 4. The number of aromatic carboxylic acids is 1. The van der Waals surface area contributed by atoms with Crippen LogP contribution in [-0.2, 0) is 0 Å². The molecule has 2 aliphatic rings. The third kappa shape index (κ3) is 3.96. The van der Waals surface area contributed by atoms with E-state index in [4.69, 9.17) is 5.53 Å². The van der Waals surface area contributed by atoms with Gasteiger partial charge in [-0.25, -0.2) is 22.5 Å². The van der Waals surface area contributed by atoms with Gasteiger partial charge in [-0.05, 0) is 50.8 Å². The highest BCUT2D eigenvalue weighted by atomic mass is 28.3. The number of carboxylic acid groups (broad SMARTS) is 1. The number of hydrogen-bond donors (Lipinski definition) is 1. The van der Waals surface area contributed by atoms with Crippen LogP contribution in [0.5, 0.6) is 0 Å². The second-order valence-electron chi connectivity index (χ2n) is 9.78. The molecule has 0 atom stereocenters. The van der Waals surface area contributed by atoms with Crippen LogP contribution in [-0.4, -0.2) is 57.6 Å². The van der Waals surface area contributed by atoms with Crippen molar-refractivity contribution in [1.82, 2.24) is 0 Å². The smallest absolute Gasteiger partial charge is 0.339 e. The van der Waals surface area contributed by atoms with Gasteiger partial charge in [0, 0.05) is 42.4 Å². The largest absolute Gasteiger partial charge is 0.478 e. The molecule has 2 aromatic rings. The average Bonchev–Trinajstić information content (AvgIpc) is 2.84. The quantitative estimate of drug-likeness (QED) is 0.147. The first-order valence-corrected chi connectivity index (χ1v) is 14.3. The zero-order valence-electron chi connectivity index (χ0n) is 21.2. The van der Waals surface area contributed by atoms with E-state index >= 15 is 8.78 Å². The molecule has 37 heavy (non-hydrogen) atoms. The van der Waals surface area contributed by atoms with E-state index in [1.165, 1.54) is 0 Å². The fraction of sp³-hybridized carbons (Fsp3) is 0.231. The molecule has 4 rings (SSSR count). The van der Waals surface area contributed by atoms with Crippen LogP contribution in [0.15, 0.2) is 52.3 Å². The Bertz CT molecular complexity index is 1560. The summed E-state index contributed by atoms with van der Waals surface area (Å²) in [5, 5.41) is 14.7. The van der Waals surface area contributed by atoms with Crippen molar-refractivity contribution in [2.24, 2.45) is 5.11 Å². The molecule has 11 heteroatoms. The van der Waals surface area contributed by atoms with E-state index in [1.807, 2.05) is 49.8 Å². The molecule has 0 spiro atoms. The van der Waals surface area contributed by atoms with Gasteiger partial charge >= 0.3 is 5.97 Å². The van der Waals surface area contributed by atoms with E-state index in [0.29, 0.717) is 11.1 Å². The number of hydrogen-bond acceptors (Lipinski definition) is 3. The second kappa shape index (κ2) is 9.09. The van der Waals surface area contributed by atoms with Crippen LogP contribution in [0, 0.1) is 17.5 Å². The van der Waals surface area contributed by atoms with E-state index in [-0.39, 0.29) is 5.57 Å². The van der Waals surface area contributed by atoms with Crippen molar-refractivity contribution in [2.45, 2.75) is 13.1 Å². The lowest BCUT2D eigenvalue weighted by Gasteiger charge is -2.38. The van der Waals surface area contributed by atoms with Crippen LogP contribution in [0.3, 0.4) is 0 Å². The Labute approximate surface area is 212 Å². The fourth-order valence-electron chi connectivity index (χ4n) is 4.87. The van der Waals surface area contributed by atoms with Gasteiger partial charge in [-0.1, -0.05) is 24.3 Å². The van der Waals surface area contributed by atoms with Crippen LogP contribution in [0.25, 0.3) is 16.0 Å². The molecule has 1 heterocycles. The van der Waals surface area contributed by atoms with Crippen molar-refractivity contribution < 1.29 is 27.6 Å². The van der Waals surface area contributed by atoms with Gasteiger partial charge in [-0.15, -0.1) is 0 Å². The van der Waals surface area contributed by atoms with Crippen molar-refractivity contribution in [3.8, 4) is 0 Å². The van der Waals surface area contributed by atoms with Gasteiger partial charge in [0.2, 0.25) is 0 Å². The molecule has 0 saturated heterocycles. The summed E-state index contributed by atoms with van der Waals surface area (Å²) in [6, 6.07) is 5.52. The topological polar surface area (TPSA) is 92.3 Å². The van der Waals surface area contributed by atoms with Crippen LogP contribution in [0.1, 0.15) is 21.5 Å². The Hall–Kier alpha value is -4.08. The van der Waals surface area contributed by atoms with E-state index in [0.717, 1.165) is 21.8 Å². The fourth-order valence-corrected chi connectivity index (χ4v) is 7.94. The van der Waals surface area contributed by atoms with Crippen LogP contribution < -0.4 is 10.1 Å². The molecule has 2 aromatic carbocycles. The summed E-state index contributed by atoms with van der Waals surface area (Å²) >= 11 is 0. The van der Waals surface area contributed by atoms with E-state index in [9.17, 15) is 14.3 Å². The number of carboxylic acids is 1. The zero-order chi connectivity index (χ0) is 27.4. The van der Waals surface area contributed by atoms with E-state index in [2.05, 4.69) is 23.1 Å². The zero-order valence-corrected chi connectivity index (χ0v) is 22.2. The van der Waals surface area contributed by atoms with Crippen molar-refractivity contribution in [2.75, 3.05) is 33.1 Å². The number of fused-ring (bicyclic) bond motifs is 2. The Morgan fingerprint density at radius 2 is 1.78 bits per heavy atom. The molecule has 7 nitrogen and oxygen atoms in total. The van der Waals surface area contributed by atoms with Gasteiger partial charge < -0.3 is 10.0 Å². The highest BCUT2D eigenvalue weighted by molar-refractivity contribution is 6.98. The van der Waals surface area contributed by atoms with E-state index in [1.54, 1.807) is 24.3 Å². The number of anilines is 1. The van der Waals surface area contributed by atoms with Gasteiger partial charge in [-0.2, -0.15) is 0 Å². The first-order chi connectivity index (χ1) is 17.3. The second-order valence-corrected chi connectivity index (χ2v) is 14.1. The molecule has 0 bridgehead atoms. The molecule has 0 unspecified atom stereocenters. The van der Waals surface area contributed by atoms with Crippen LogP contribution in [0.2, 0.25) is 13.1 Å². The minimum atomic E-state index is -2.47. The minimum Gasteiger partial charge on any atom is -0.478 e. The molecular weight excluding hydrogens is 499 g/mol. The van der Waals surface area contributed by atoms with Gasteiger partial charge in [0.15, 0.2) is 17.3 Å². The predicted molar refractivity (Wildman–Crippen MR) is 140 cm³/mol. The molecule has 0 amide bonds. The van der Waals surface area contributed by atoms with Gasteiger partial charge in [-0.3, -0.25) is 0 Å². The SMILES string of the molecule is CN(C)c1ccc2c(c1)[Si](C)(C)C1=CC(=[N+](C)C)C=CC1=C2c1c(F)c(N=[N+]=[N-])c(F)c(F)c1C(=O)O. The average molecular weight is 525 g/mol. The maximum absolute atomic E-state index is 15.9. The third-order valence-corrected chi connectivity index (χ3v) is 10.4. The monoisotopic (exact) mass is 524 g/mol. The molecule has 0 radical (unpaired) electrons. The van der Waals surface area contributed by atoms with Crippen molar-refractivity contribution in [3.63, 3.8) is 0 Å². The summed E-state index contributed by atoms with van der Waals surface area (Å²) in [6.07, 6.45) is 5.52. The van der Waals surface area contributed by atoms with Crippen LogP contribution in [0.4, 0.5) is 24.5 Å². The molecule has 190 valence electrons. The first-order valence-electron chi connectivity index (χ1n) is 11.3. The molecule has 1 N–H and O–H groups in total. The Kier molecular flexibility index (Phi) is 6.39. The number of carbonyl (C=O) groups is 1. The molecule has 0 saturated carbocycles. The van der Waals surface area contributed by atoms with Crippen molar-refractivity contribution in [3.05, 3.63) is 91.8 Å². The summed E-state index contributed by atoms with van der Waals surface area (Å²) in [4.78, 5) is 16.5. The lowest BCUT2D eigenvalue weighted by molar-refractivity contribution is -0.462. The third-order valence-electron chi connectivity index (χ3n) is 6.83. The normalized spacial score (nSPS) is 15.5. The van der Waals surface area contributed by atoms with E-state index < -0.39 is 48.3 Å². The number of allylic oxidation sites excluding steroid dienone is 5. The number of benzene rings is 2. The lowest BCUT2D eigenvalue weighted by atomic mass is 9.86. The summed E-state index contributed by atoms with van der Waals surface area (Å²) in [5.41, 5.74) is 8.74.